The number of sulfone groups is 1. The summed E-state index contributed by atoms with van der Waals surface area (Å²) >= 11 is 1.01. The summed E-state index contributed by atoms with van der Waals surface area (Å²) in [7, 11) is -7.15. The van der Waals surface area contributed by atoms with Gasteiger partial charge in [-0.1, -0.05) is 23.5 Å². The number of aromatic nitrogens is 1. The molecule has 156 valence electrons. The third-order valence-corrected chi connectivity index (χ3v) is 8.14. The highest BCUT2D eigenvalue weighted by Crippen LogP contribution is 2.25. The van der Waals surface area contributed by atoms with Crippen LogP contribution in [0.4, 0.5) is 0 Å². The second-order valence-corrected chi connectivity index (χ2v) is 11.9. The van der Waals surface area contributed by atoms with E-state index in [0.717, 1.165) is 17.6 Å². The predicted octanol–water partition coefficient (Wildman–Crippen LogP) is 3.09. The van der Waals surface area contributed by atoms with Gasteiger partial charge < -0.3 is 0 Å². The maximum Gasteiger partial charge on any atom is 0.308 e. The first-order valence-corrected chi connectivity index (χ1v) is 13.1. The SMILES string of the molecule is CC(C)n1c(=O)sc2cc(S(=O)(=O)N[C@@H](C)c3ccc(S(C)(=O)=O)cc3)ccc21. The van der Waals surface area contributed by atoms with Gasteiger partial charge in [-0.15, -0.1) is 0 Å². The van der Waals surface area contributed by atoms with E-state index in [1.807, 2.05) is 13.8 Å². The van der Waals surface area contributed by atoms with Gasteiger partial charge in [0, 0.05) is 18.3 Å². The lowest BCUT2D eigenvalue weighted by Gasteiger charge is -2.15. The first-order valence-electron chi connectivity index (χ1n) is 8.87. The van der Waals surface area contributed by atoms with Crippen molar-refractivity contribution in [3.8, 4) is 0 Å². The van der Waals surface area contributed by atoms with E-state index in [1.165, 1.54) is 24.3 Å². The summed E-state index contributed by atoms with van der Waals surface area (Å²) in [5.41, 5.74) is 1.34. The Morgan fingerprint density at radius 3 is 2.07 bits per heavy atom. The molecule has 0 saturated heterocycles. The Labute approximate surface area is 174 Å². The van der Waals surface area contributed by atoms with Crippen LogP contribution in [0.25, 0.3) is 10.2 Å². The lowest BCUT2D eigenvalue weighted by Crippen LogP contribution is -2.26. The standard InChI is InChI=1S/C19H22N2O5S3/c1-12(2)21-17-10-9-16(11-18(17)27-19(21)22)29(25,26)20-13(3)14-5-7-15(8-6-14)28(4,23)24/h5-13,20H,1-4H3/t13-/m0/s1. The second kappa shape index (κ2) is 7.67. The normalized spacial score (nSPS) is 13.8. The average molecular weight is 455 g/mol. The lowest BCUT2D eigenvalue weighted by molar-refractivity contribution is 0.566. The van der Waals surface area contributed by atoms with E-state index in [-0.39, 0.29) is 20.7 Å². The molecule has 0 aliphatic rings. The number of nitrogens with one attached hydrogen (secondary N) is 1. The molecule has 3 rings (SSSR count). The number of hydrogen-bond donors (Lipinski definition) is 1. The van der Waals surface area contributed by atoms with Gasteiger partial charge in [0.2, 0.25) is 10.0 Å². The molecule has 0 fully saturated rings. The van der Waals surface area contributed by atoms with Gasteiger partial charge in [-0.2, -0.15) is 0 Å². The van der Waals surface area contributed by atoms with Crippen LogP contribution in [0.2, 0.25) is 0 Å². The molecule has 10 heteroatoms. The number of hydrogen-bond acceptors (Lipinski definition) is 6. The maximum atomic E-state index is 12.8. The highest BCUT2D eigenvalue weighted by molar-refractivity contribution is 7.90. The summed E-state index contributed by atoms with van der Waals surface area (Å²) in [5.74, 6) is 0. The van der Waals surface area contributed by atoms with E-state index in [2.05, 4.69) is 4.72 Å². The van der Waals surface area contributed by atoms with Crippen LogP contribution in [0.5, 0.6) is 0 Å². The first-order chi connectivity index (χ1) is 13.4. The van der Waals surface area contributed by atoms with Crippen molar-refractivity contribution in [3.63, 3.8) is 0 Å². The molecule has 1 aromatic heterocycles. The summed E-state index contributed by atoms with van der Waals surface area (Å²) in [6.45, 7) is 5.48. The molecule has 0 unspecified atom stereocenters. The zero-order chi connectivity index (χ0) is 21.6. The van der Waals surface area contributed by atoms with E-state index in [9.17, 15) is 21.6 Å². The molecule has 0 spiro atoms. The number of sulfonamides is 1. The predicted molar refractivity (Wildman–Crippen MR) is 115 cm³/mol. The van der Waals surface area contributed by atoms with Crippen molar-refractivity contribution >= 4 is 41.4 Å². The van der Waals surface area contributed by atoms with E-state index >= 15 is 0 Å². The van der Waals surface area contributed by atoms with Crippen LogP contribution in [-0.2, 0) is 19.9 Å². The van der Waals surface area contributed by atoms with Gasteiger partial charge in [-0.3, -0.25) is 9.36 Å². The largest absolute Gasteiger partial charge is 0.308 e. The highest BCUT2D eigenvalue weighted by Gasteiger charge is 2.21. The highest BCUT2D eigenvalue weighted by atomic mass is 32.2. The smallest absolute Gasteiger partial charge is 0.296 e. The third-order valence-electron chi connectivity index (χ3n) is 4.55. The molecule has 0 amide bonds. The molecule has 1 N–H and O–H groups in total. The Morgan fingerprint density at radius 1 is 0.931 bits per heavy atom. The van der Waals surface area contributed by atoms with Gasteiger partial charge in [0.25, 0.3) is 0 Å². The Hall–Kier alpha value is -2.01. The third kappa shape index (κ3) is 4.45. The quantitative estimate of drug-likeness (QED) is 0.617. The molecule has 0 radical (unpaired) electrons. The van der Waals surface area contributed by atoms with Crippen molar-refractivity contribution in [1.82, 2.24) is 9.29 Å². The van der Waals surface area contributed by atoms with E-state index in [4.69, 9.17) is 0 Å². The van der Waals surface area contributed by atoms with Gasteiger partial charge in [-0.05, 0) is 56.7 Å². The number of thiazole rings is 1. The van der Waals surface area contributed by atoms with Gasteiger partial charge in [0.15, 0.2) is 9.84 Å². The van der Waals surface area contributed by atoms with Gasteiger partial charge in [0.1, 0.15) is 0 Å². The number of nitrogens with zero attached hydrogens (tertiary/aromatic N) is 1. The molecule has 0 bridgehead atoms. The van der Waals surface area contributed by atoms with E-state index in [1.54, 1.807) is 29.7 Å². The van der Waals surface area contributed by atoms with E-state index in [0.29, 0.717) is 15.8 Å². The molecule has 0 saturated carbocycles. The van der Waals surface area contributed by atoms with Crippen molar-refractivity contribution in [2.75, 3.05) is 6.26 Å². The molecule has 0 aliphatic carbocycles. The van der Waals surface area contributed by atoms with Crippen LogP contribution in [-0.4, -0.2) is 27.7 Å². The van der Waals surface area contributed by atoms with E-state index < -0.39 is 25.9 Å². The summed E-state index contributed by atoms with van der Waals surface area (Å²) in [6.07, 6.45) is 1.12. The molecule has 1 atom stereocenters. The second-order valence-electron chi connectivity index (χ2n) is 7.15. The summed E-state index contributed by atoms with van der Waals surface area (Å²) in [5, 5.41) is 0. The molecular formula is C19H22N2O5S3. The minimum Gasteiger partial charge on any atom is -0.296 e. The minimum absolute atomic E-state index is 0.0215. The zero-order valence-electron chi connectivity index (χ0n) is 16.4. The van der Waals surface area contributed by atoms with Gasteiger partial charge in [0.05, 0.1) is 20.0 Å². The first kappa shape index (κ1) is 21.7. The van der Waals surface area contributed by atoms with Crippen LogP contribution in [0.3, 0.4) is 0 Å². The molecule has 1 heterocycles. The molecule has 2 aromatic carbocycles. The summed E-state index contributed by atoms with van der Waals surface area (Å²) < 4.78 is 53.6. The average Bonchev–Trinajstić information content (AvgIpc) is 2.95. The Morgan fingerprint density at radius 2 is 1.52 bits per heavy atom. The van der Waals surface area contributed by atoms with Crippen LogP contribution in [0, 0.1) is 0 Å². The van der Waals surface area contributed by atoms with Crippen LogP contribution in [0.15, 0.2) is 57.1 Å². The fourth-order valence-corrected chi connectivity index (χ4v) is 6.06. The Bertz CT molecular complexity index is 1320. The summed E-state index contributed by atoms with van der Waals surface area (Å²) in [6, 6.07) is 10.1. The Kier molecular flexibility index (Phi) is 5.74. The molecule has 29 heavy (non-hydrogen) atoms. The number of benzene rings is 2. The molecule has 0 aliphatic heterocycles. The molecule has 3 aromatic rings. The van der Waals surface area contributed by atoms with Crippen molar-refractivity contribution in [2.24, 2.45) is 0 Å². The lowest BCUT2D eigenvalue weighted by atomic mass is 10.1. The summed E-state index contributed by atoms with van der Waals surface area (Å²) in [4.78, 5) is 12.3. The Balaban J connectivity index is 1.90. The van der Waals surface area contributed by atoms with Crippen molar-refractivity contribution in [2.45, 2.75) is 42.6 Å². The van der Waals surface area contributed by atoms with Gasteiger partial charge in [-0.25, -0.2) is 21.6 Å². The number of fused-ring (bicyclic) bond motifs is 1. The zero-order valence-corrected chi connectivity index (χ0v) is 18.9. The van der Waals surface area contributed by atoms with Crippen LogP contribution >= 0.6 is 11.3 Å². The fourth-order valence-electron chi connectivity index (χ4n) is 3.05. The van der Waals surface area contributed by atoms with Crippen molar-refractivity contribution in [3.05, 3.63) is 57.7 Å². The monoisotopic (exact) mass is 454 g/mol. The van der Waals surface area contributed by atoms with Crippen LogP contribution < -0.4 is 9.60 Å². The van der Waals surface area contributed by atoms with Crippen LogP contribution in [0.1, 0.15) is 38.4 Å². The van der Waals surface area contributed by atoms with Gasteiger partial charge >= 0.3 is 4.87 Å². The number of rotatable bonds is 6. The van der Waals surface area contributed by atoms with Crippen molar-refractivity contribution in [1.29, 1.82) is 0 Å². The molecule has 7 nitrogen and oxygen atoms in total. The van der Waals surface area contributed by atoms with Crippen molar-refractivity contribution < 1.29 is 16.8 Å². The minimum atomic E-state index is -3.83. The topological polar surface area (TPSA) is 102 Å². The fraction of sp³-hybridized carbons (Fsp3) is 0.316. The molecular weight excluding hydrogens is 432 g/mol. The maximum absolute atomic E-state index is 12.8.